The van der Waals surface area contributed by atoms with Gasteiger partial charge < -0.3 is 9.13 Å². The van der Waals surface area contributed by atoms with Gasteiger partial charge in [0.05, 0.1) is 33.3 Å². The summed E-state index contributed by atoms with van der Waals surface area (Å²) in [5.41, 5.74) is 15.5. The van der Waals surface area contributed by atoms with Gasteiger partial charge in [0.2, 0.25) is 0 Å². The van der Waals surface area contributed by atoms with Gasteiger partial charge in [-0.2, -0.15) is 0 Å². The predicted molar refractivity (Wildman–Crippen MR) is 267 cm³/mol. The molecule has 298 valence electrons. The number of para-hydroxylation sites is 3. The molecule has 10 aromatic carbocycles. The molecular formula is C60H38N4. The SMILES string of the molecule is c1ccc(-c2nc(-c3ccc(-c4cccc5c4c4ccccc4n5-c4ccccc4)cc3)nc3ccc(-c4ccc5c6ccc7ccccc7c6n(-c6ccccc6)c5c4)cc23)cc1. The first-order valence-corrected chi connectivity index (χ1v) is 21.8. The van der Waals surface area contributed by atoms with Gasteiger partial charge in [0, 0.05) is 54.8 Å². The van der Waals surface area contributed by atoms with E-state index in [1.54, 1.807) is 0 Å². The van der Waals surface area contributed by atoms with E-state index in [1.807, 2.05) is 0 Å². The minimum atomic E-state index is 0.700. The fourth-order valence-corrected chi connectivity index (χ4v) is 9.97. The number of rotatable bonds is 6. The zero-order valence-corrected chi connectivity index (χ0v) is 34.7. The number of benzene rings is 10. The molecule has 0 spiro atoms. The van der Waals surface area contributed by atoms with Crippen LogP contribution in [0.3, 0.4) is 0 Å². The molecule has 13 rings (SSSR count). The van der Waals surface area contributed by atoms with Gasteiger partial charge in [-0.1, -0.05) is 176 Å². The van der Waals surface area contributed by atoms with Crippen molar-refractivity contribution in [2.75, 3.05) is 0 Å². The van der Waals surface area contributed by atoms with Gasteiger partial charge in [-0.15, -0.1) is 0 Å². The predicted octanol–water partition coefficient (Wildman–Crippen LogP) is 15.6. The van der Waals surface area contributed by atoms with E-state index in [9.17, 15) is 0 Å². The van der Waals surface area contributed by atoms with Gasteiger partial charge in [0.15, 0.2) is 5.82 Å². The molecule has 0 saturated heterocycles. The summed E-state index contributed by atoms with van der Waals surface area (Å²) in [6, 6.07) is 82.6. The van der Waals surface area contributed by atoms with Crippen molar-refractivity contribution in [3.63, 3.8) is 0 Å². The topological polar surface area (TPSA) is 35.6 Å². The van der Waals surface area contributed by atoms with Crippen LogP contribution in [0.15, 0.2) is 231 Å². The molecule has 0 radical (unpaired) electrons. The highest BCUT2D eigenvalue weighted by molar-refractivity contribution is 6.19. The number of hydrogen-bond donors (Lipinski definition) is 0. The van der Waals surface area contributed by atoms with Crippen molar-refractivity contribution < 1.29 is 0 Å². The largest absolute Gasteiger partial charge is 0.309 e. The third-order valence-electron chi connectivity index (χ3n) is 12.9. The van der Waals surface area contributed by atoms with Crippen LogP contribution in [0.4, 0.5) is 0 Å². The van der Waals surface area contributed by atoms with Crippen molar-refractivity contribution in [2.24, 2.45) is 0 Å². The Balaban J connectivity index is 0.935. The molecule has 0 saturated carbocycles. The van der Waals surface area contributed by atoms with Crippen molar-refractivity contribution in [1.82, 2.24) is 19.1 Å². The van der Waals surface area contributed by atoms with Crippen molar-refractivity contribution in [3.05, 3.63) is 231 Å². The zero-order valence-electron chi connectivity index (χ0n) is 34.7. The number of hydrogen-bond acceptors (Lipinski definition) is 2. The first-order valence-electron chi connectivity index (χ1n) is 21.8. The average molecular weight is 815 g/mol. The summed E-state index contributed by atoms with van der Waals surface area (Å²) in [5, 5.41) is 8.44. The Hall–Kier alpha value is -8.60. The number of nitrogens with zero attached hydrogens (tertiary/aromatic N) is 4. The maximum atomic E-state index is 5.35. The van der Waals surface area contributed by atoms with E-state index in [1.165, 1.54) is 59.9 Å². The van der Waals surface area contributed by atoms with E-state index in [2.05, 4.69) is 240 Å². The van der Waals surface area contributed by atoms with Crippen LogP contribution in [0.25, 0.3) is 122 Å². The Labute approximate surface area is 369 Å². The molecular weight excluding hydrogens is 777 g/mol. The molecule has 4 nitrogen and oxygen atoms in total. The van der Waals surface area contributed by atoms with Gasteiger partial charge in [0.1, 0.15) is 0 Å². The van der Waals surface area contributed by atoms with E-state index in [0.29, 0.717) is 5.82 Å². The van der Waals surface area contributed by atoms with Gasteiger partial charge in [0.25, 0.3) is 0 Å². The van der Waals surface area contributed by atoms with Gasteiger partial charge in [-0.25, -0.2) is 9.97 Å². The summed E-state index contributed by atoms with van der Waals surface area (Å²) >= 11 is 0. The molecule has 0 fully saturated rings. The Morgan fingerprint density at radius 2 is 0.922 bits per heavy atom. The van der Waals surface area contributed by atoms with Crippen molar-refractivity contribution in [2.45, 2.75) is 0 Å². The molecule has 0 unspecified atom stereocenters. The molecule has 3 heterocycles. The maximum absolute atomic E-state index is 5.35. The summed E-state index contributed by atoms with van der Waals surface area (Å²) in [5.74, 6) is 0.700. The third-order valence-corrected chi connectivity index (χ3v) is 12.9. The Morgan fingerprint density at radius 3 is 1.72 bits per heavy atom. The van der Waals surface area contributed by atoms with Crippen molar-refractivity contribution in [1.29, 1.82) is 0 Å². The van der Waals surface area contributed by atoms with Gasteiger partial charge >= 0.3 is 0 Å². The molecule has 64 heavy (non-hydrogen) atoms. The van der Waals surface area contributed by atoms with E-state index in [-0.39, 0.29) is 0 Å². The molecule has 4 heteroatoms. The molecule has 0 bridgehead atoms. The van der Waals surface area contributed by atoms with Crippen molar-refractivity contribution in [3.8, 4) is 56.3 Å². The summed E-state index contributed by atoms with van der Waals surface area (Å²) in [6.45, 7) is 0. The third kappa shape index (κ3) is 5.70. The van der Waals surface area contributed by atoms with E-state index in [0.717, 1.165) is 55.8 Å². The average Bonchev–Trinajstić information content (AvgIpc) is 3.90. The summed E-state index contributed by atoms with van der Waals surface area (Å²) in [7, 11) is 0. The summed E-state index contributed by atoms with van der Waals surface area (Å²) < 4.78 is 4.80. The highest BCUT2D eigenvalue weighted by atomic mass is 15.0. The molecule has 0 aliphatic heterocycles. The van der Waals surface area contributed by atoms with Crippen molar-refractivity contribution >= 4 is 65.3 Å². The van der Waals surface area contributed by atoms with Crippen LogP contribution in [-0.4, -0.2) is 19.1 Å². The standard InChI is InChI=1S/C60H38N4/c1-4-16-41(17-5-1)58-52-37-43(44-32-34-49-50-35-31-39-15-10-11-22-48(39)59(50)64(56(49)38-44)46-20-8-3-9-21-46)33-36-53(52)61-60(62-58)42-29-27-40(28-30-42)47-24-14-26-55-57(47)51-23-12-13-25-54(51)63(55)45-18-6-2-7-19-45/h1-38H. The number of fused-ring (bicyclic) bond motifs is 9. The second-order valence-corrected chi connectivity index (χ2v) is 16.5. The summed E-state index contributed by atoms with van der Waals surface area (Å²) in [6.07, 6.45) is 0. The highest BCUT2D eigenvalue weighted by Crippen LogP contribution is 2.41. The van der Waals surface area contributed by atoms with Crippen LogP contribution < -0.4 is 0 Å². The van der Waals surface area contributed by atoms with Crippen LogP contribution in [0, 0.1) is 0 Å². The fourth-order valence-electron chi connectivity index (χ4n) is 9.97. The quantitative estimate of drug-likeness (QED) is 0.168. The molecule has 0 aliphatic rings. The molecule has 0 amide bonds. The Kier molecular flexibility index (Phi) is 8.18. The van der Waals surface area contributed by atoms with Crippen LogP contribution in [0.5, 0.6) is 0 Å². The zero-order chi connectivity index (χ0) is 42.1. The van der Waals surface area contributed by atoms with Gasteiger partial charge in [-0.3, -0.25) is 0 Å². The molecule has 0 atom stereocenters. The van der Waals surface area contributed by atoms with Crippen LogP contribution in [-0.2, 0) is 0 Å². The lowest BCUT2D eigenvalue weighted by atomic mass is 9.97. The fraction of sp³-hybridized carbons (Fsp3) is 0. The van der Waals surface area contributed by atoms with Crippen LogP contribution in [0.1, 0.15) is 0 Å². The lowest BCUT2D eigenvalue weighted by Crippen LogP contribution is -1.96. The monoisotopic (exact) mass is 814 g/mol. The molecule has 3 aromatic heterocycles. The minimum Gasteiger partial charge on any atom is -0.309 e. The lowest BCUT2D eigenvalue weighted by Gasteiger charge is -2.13. The van der Waals surface area contributed by atoms with E-state index in [4.69, 9.17) is 9.97 Å². The molecule has 0 aliphatic carbocycles. The first kappa shape index (κ1) is 36.1. The van der Waals surface area contributed by atoms with Crippen LogP contribution >= 0.6 is 0 Å². The Bertz CT molecular complexity index is 3920. The van der Waals surface area contributed by atoms with E-state index >= 15 is 0 Å². The maximum Gasteiger partial charge on any atom is 0.160 e. The Morgan fingerprint density at radius 1 is 0.312 bits per heavy atom. The molecule has 13 aromatic rings. The smallest absolute Gasteiger partial charge is 0.160 e. The normalized spacial score (nSPS) is 11.8. The van der Waals surface area contributed by atoms with Crippen LogP contribution in [0.2, 0.25) is 0 Å². The minimum absolute atomic E-state index is 0.700. The lowest BCUT2D eigenvalue weighted by molar-refractivity contribution is 1.18. The second-order valence-electron chi connectivity index (χ2n) is 16.5. The second kappa shape index (κ2) is 14.5. The first-order chi connectivity index (χ1) is 31.7. The van der Waals surface area contributed by atoms with E-state index < -0.39 is 0 Å². The summed E-state index contributed by atoms with van der Waals surface area (Å²) in [4.78, 5) is 10.6. The number of aromatic nitrogens is 4. The molecule has 0 N–H and O–H groups in total. The van der Waals surface area contributed by atoms with Gasteiger partial charge in [-0.05, 0) is 82.2 Å². The highest BCUT2D eigenvalue weighted by Gasteiger charge is 2.19.